The number of Topliss-reactive ketones (excluding diaryl/α,β-unsaturated/α-hetero) is 2. The van der Waals surface area contributed by atoms with Crippen molar-refractivity contribution in [3.63, 3.8) is 0 Å². The molecule has 0 amide bonds. The second kappa shape index (κ2) is 8.64. The summed E-state index contributed by atoms with van der Waals surface area (Å²) in [4.78, 5) is 28.0. The van der Waals surface area contributed by atoms with Crippen molar-refractivity contribution >= 4 is 45.1 Å². The van der Waals surface area contributed by atoms with Crippen LogP contribution >= 0.6 is 0 Å². The lowest BCUT2D eigenvalue weighted by Crippen LogP contribution is -2.40. The molecule has 7 rings (SSSR count). The van der Waals surface area contributed by atoms with Crippen molar-refractivity contribution in [3.05, 3.63) is 119 Å². The van der Waals surface area contributed by atoms with Gasteiger partial charge in [-0.2, -0.15) is 4.58 Å². The average molecular weight is 526 g/mol. The standard InChI is InChI=1S/C34H24N2O4/c1-19-29(25-13-3-5-15-27(25)35(19)21-9-7-11-23(37)17-21)31-33(39)32(34(31)40)30-20(2)36(22-10-8-12-24(38)18-22)28-16-6-4-14-26(28)30/h3-18,31H,1-2H3,(H-,37,38)/p+1. The summed E-state index contributed by atoms with van der Waals surface area (Å²) in [5, 5.41) is 21.1. The number of nitrogens with zero attached hydrogens (tertiary/aromatic N) is 2. The summed E-state index contributed by atoms with van der Waals surface area (Å²) in [6.45, 7) is 3.82. The van der Waals surface area contributed by atoms with Crippen LogP contribution in [0, 0.1) is 6.92 Å². The molecule has 1 saturated carbocycles. The number of para-hydroxylation sites is 2. The topological polar surface area (TPSA) is 82.5 Å². The largest absolute Gasteiger partial charge is 0.508 e. The van der Waals surface area contributed by atoms with Crippen LogP contribution in [0.4, 0.5) is 11.4 Å². The van der Waals surface area contributed by atoms with Gasteiger partial charge in [0.25, 0.3) is 0 Å². The first kappa shape index (κ1) is 23.9. The summed E-state index contributed by atoms with van der Waals surface area (Å²) in [6, 6.07) is 29.3. The fourth-order valence-corrected chi connectivity index (χ4v) is 6.33. The molecule has 0 atom stereocenters. The molecule has 6 heteroatoms. The summed E-state index contributed by atoms with van der Waals surface area (Å²) in [5.74, 6) is -1.03. The van der Waals surface area contributed by atoms with Crippen LogP contribution in [-0.4, -0.2) is 32.1 Å². The number of carbonyl (C=O) groups is 2. The van der Waals surface area contributed by atoms with Crippen molar-refractivity contribution in [3.8, 4) is 17.2 Å². The van der Waals surface area contributed by atoms with Crippen LogP contribution < -0.4 is 4.58 Å². The highest BCUT2D eigenvalue weighted by Gasteiger charge is 2.52. The number of ketones is 2. The minimum atomic E-state index is -0.902. The van der Waals surface area contributed by atoms with Crippen molar-refractivity contribution < 1.29 is 19.8 Å². The molecule has 2 heterocycles. The van der Waals surface area contributed by atoms with E-state index in [-0.39, 0.29) is 28.6 Å². The van der Waals surface area contributed by atoms with Gasteiger partial charge in [-0.15, -0.1) is 0 Å². The normalized spacial score (nSPS) is 16.6. The molecule has 0 unspecified atom stereocenters. The second-order valence-corrected chi connectivity index (χ2v) is 10.2. The van der Waals surface area contributed by atoms with E-state index in [2.05, 4.69) is 0 Å². The molecule has 2 aliphatic rings. The minimum absolute atomic E-state index is 0.137. The summed E-state index contributed by atoms with van der Waals surface area (Å²) >= 11 is 0. The van der Waals surface area contributed by atoms with Crippen molar-refractivity contribution in [2.45, 2.75) is 19.8 Å². The first-order valence-corrected chi connectivity index (χ1v) is 13.1. The van der Waals surface area contributed by atoms with Crippen molar-refractivity contribution in [2.24, 2.45) is 0 Å². The van der Waals surface area contributed by atoms with Gasteiger partial charge in [-0.3, -0.25) is 9.59 Å². The number of benzene rings is 4. The number of allylic oxidation sites excluding steroid dienone is 2. The molecule has 1 aromatic heterocycles. The third-order valence-corrected chi connectivity index (χ3v) is 8.00. The van der Waals surface area contributed by atoms with E-state index in [1.165, 1.54) is 0 Å². The van der Waals surface area contributed by atoms with Gasteiger partial charge in [-0.05, 0) is 42.8 Å². The van der Waals surface area contributed by atoms with Gasteiger partial charge in [-0.1, -0.05) is 42.5 Å². The van der Waals surface area contributed by atoms with Gasteiger partial charge >= 0.3 is 0 Å². The Balaban J connectivity index is 1.41. The first-order valence-electron chi connectivity index (χ1n) is 13.1. The van der Waals surface area contributed by atoms with Crippen molar-refractivity contribution in [1.29, 1.82) is 0 Å². The minimum Gasteiger partial charge on any atom is -0.508 e. The molecule has 40 heavy (non-hydrogen) atoms. The van der Waals surface area contributed by atoms with Crippen LogP contribution in [0.1, 0.15) is 29.7 Å². The molecule has 6 nitrogen and oxygen atoms in total. The average Bonchev–Trinajstić information content (AvgIpc) is 3.39. The van der Waals surface area contributed by atoms with Crippen LogP contribution in [0.5, 0.6) is 11.5 Å². The number of carbonyl (C=O) groups excluding carboxylic acids is 2. The summed E-state index contributed by atoms with van der Waals surface area (Å²) < 4.78 is 3.96. The molecule has 2 N–H and O–H groups in total. The van der Waals surface area contributed by atoms with E-state index in [4.69, 9.17) is 0 Å². The third-order valence-electron chi connectivity index (χ3n) is 8.00. The summed E-state index contributed by atoms with van der Waals surface area (Å²) in [7, 11) is 0. The quantitative estimate of drug-likeness (QED) is 0.125. The lowest BCUT2D eigenvalue weighted by atomic mass is 9.69. The Hall–Kier alpha value is -5.23. The van der Waals surface area contributed by atoms with Gasteiger partial charge in [-0.25, -0.2) is 0 Å². The molecule has 194 valence electrons. The molecule has 0 bridgehead atoms. The van der Waals surface area contributed by atoms with Crippen LogP contribution in [0.3, 0.4) is 0 Å². The molecule has 4 aromatic carbocycles. The SMILES string of the molecule is CC1=[N+](c2cccc(O)c2)c2ccccc2C1=C1C(=O)C(c2c(C)n(-c3cccc(O)c3)c3ccccc23)C1=O. The van der Waals surface area contributed by atoms with Gasteiger partial charge in [0.15, 0.2) is 17.3 Å². The number of phenolic OH excluding ortho intramolecular Hbond substituents is 2. The molecular weight excluding hydrogens is 500 g/mol. The van der Waals surface area contributed by atoms with Crippen molar-refractivity contribution in [1.82, 2.24) is 9.14 Å². The third kappa shape index (κ3) is 3.26. The number of hydrogen-bond donors (Lipinski definition) is 2. The summed E-state index contributed by atoms with van der Waals surface area (Å²) in [6.07, 6.45) is 0. The fraction of sp³-hybridized carbons (Fsp3) is 0.0882. The number of rotatable bonds is 3. The van der Waals surface area contributed by atoms with Crippen molar-refractivity contribution in [2.75, 3.05) is 0 Å². The van der Waals surface area contributed by atoms with E-state index in [9.17, 15) is 19.8 Å². The Morgan fingerprint density at radius 3 is 2.15 bits per heavy atom. The Labute approximate surface area is 230 Å². The number of aromatic nitrogens is 1. The maximum Gasteiger partial charge on any atom is 0.219 e. The van der Waals surface area contributed by atoms with Crippen LogP contribution in [0.25, 0.3) is 22.2 Å². The summed E-state index contributed by atoms with van der Waals surface area (Å²) in [5.41, 5.74) is 7.16. The molecule has 0 spiro atoms. The molecule has 1 aliphatic carbocycles. The van der Waals surface area contributed by atoms with Crippen LogP contribution in [0.2, 0.25) is 0 Å². The zero-order chi connectivity index (χ0) is 27.7. The van der Waals surface area contributed by atoms with E-state index in [1.54, 1.807) is 36.4 Å². The van der Waals surface area contributed by atoms with Gasteiger partial charge in [0.1, 0.15) is 17.4 Å². The van der Waals surface area contributed by atoms with Gasteiger partial charge in [0.2, 0.25) is 11.4 Å². The molecule has 1 aliphatic heterocycles. The predicted molar refractivity (Wildman–Crippen MR) is 156 cm³/mol. The fourth-order valence-electron chi connectivity index (χ4n) is 6.33. The van der Waals surface area contributed by atoms with E-state index < -0.39 is 5.92 Å². The van der Waals surface area contributed by atoms with Crippen LogP contribution in [-0.2, 0) is 9.59 Å². The Morgan fingerprint density at radius 2 is 1.40 bits per heavy atom. The lowest BCUT2D eigenvalue weighted by Gasteiger charge is -2.28. The molecule has 0 saturated heterocycles. The number of fused-ring (bicyclic) bond motifs is 2. The highest BCUT2D eigenvalue weighted by atomic mass is 16.3. The highest BCUT2D eigenvalue weighted by Crippen LogP contribution is 2.47. The number of phenols is 2. The molecular formula is C34H25N2O4+. The zero-order valence-electron chi connectivity index (χ0n) is 21.9. The maximum absolute atomic E-state index is 14.0. The Bertz CT molecular complexity index is 1970. The second-order valence-electron chi connectivity index (χ2n) is 10.2. The highest BCUT2D eigenvalue weighted by molar-refractivity contribution is 6.51. The first-order chi connectivity index (χ1) is 19.4. The number of hydrogen-bond acceptors (Lipinski definition) is 4. The molecule has 0 radical (unpaired) electrons. The molecule has 1 fully saturated rings. The predicted octanol–water partition coefficient (Wildman–Crippen LogP) is 6.35. The Kier molecular flexibility index (Phi) is 5.16. The smallest absolute Gasteiger partial charge is 0.219 e. The lowest BCUT2D eigenvalue weighted by molar-refractivity contribution is -0.133. The van der Waals surface area contributed by atoms with E-state index in [0.29, 0.717) is 11.1 Å². The van der Waals surface area contributed by atoms with Gasteiger partial charge in [0, 0.05) is 41.9 Å². The maximum atomic E-state index is 14.0. The van der Waals surface area contributed by atoms with E-state index >= 15 is 0 Å². The van der Waals surface area contributed by atoms with E-state index in [0.717, 1.165) is 44.9 Å². The number of aromatic hydroxyl groups is 2. The Morgan fingerprint density at radius 1 is 0.725 bits per heavy atom. The van der Waals surface area contributed by atoms with Gasteiger partial charge in [0.05, 0.1) is 28.3 Å². The van der Waals surface area contributed by atoms with E-state index in [1.807, 2.05) is 83.7 Å². The van der Waals surface area contributed by atoms with Gasteiger partial charge < -0.3 is 14.8 Å². The zero-order valence-corrected chi connectivity index (χ0v) is 21.9. The molecule has 5 aromatic rings. The monoisotopic (exact) mass is 525 g/mol. The van der Waals surface area contributed by atoms with Crippen LogP contribution in [0.15, 0.2) is 103 Å².